The highest BCUT2D eigenvalue weighted by Crippen LogP contribution is 2.34. The molecule has 0 aromatic rings. The molecule has 3 atom stereocenters. The van der Waals surface area contributed by atoms with Crippen LogP contribution in [0.15, 0.2) is 0 Å². The van der Waals surface area contributed by atoms with Crippen LogP contribution in [0, 0.1) is 17.8 Å². The van der Waals surface area contributed by atoms with Crippen molar-refractivity contribution in [2.45, 2.75) is 46.0 Å². The van der Waals surface area contributed by atoms with E-state index in [1.165, 1.54) is 38.6 Å². The van der Waals surface area contributed by atoms with Crippen LogP contribution in [0.2, 0.25) is 0 Å². The van der Waals surface area contributed by atoms with Crippen LogP contribution >= 0.6 is 12.6 Å². The summed E-state index contributed by atoms with van der Waals surface area (Å²) in [6, 6.07) is 0. The average Bonchev–Trinajstić information content (AvgIpc) is 2.33. The molecule has 1 saturated carbocycles. The first-order chi connectivity index (χ1) is 9.27. The van der Waals surface area contributed by atoms with Gasteiger partial charge in [0.15, 0.2) is 0 Å². The van der Waals surface area contributed by atoms with E-state index >= 15 is 0 Å². The third-order valence-electron chi connectivity index (χ3n) is 3.86. The predicted molar refractivity (Wildman–Crippen MR) is 85.8 cm³/mol. The van der Waals surface area contributed by atoms with E-state index in [-0.39, 0.29) is 0 Å². The van der Waals surface area contributed by atoms with Gasteiger partial charge in [-0.25, -0.2) is 0 Å². The van der Waals surface area contributed by atoms with Crippen LogP contribution in [0.3, 0.4) is 0 Å². The predicted octanol–water partition coefficient (Wildman–Crippen LogP) is 2.71. The summed E-state index contributed by atoms with van der Waals surface area (Å²) in [4.78, 5) is 0. The summed E-state index contributed by atoms with van der Waals surface area (Å²) in [6.45, 7) is 7.02. The van der Waals surface area contributed by atoms with Crippen LogP contribution in [0.4, 0.5) is 0 Å². The van der Waals surface area contributed by atoms with Gasteiger partial charge < -0.3 is 5.32 Å². The van der Waals surface area contributed by atoms with Crippen molar-refractivity contribution in [1.82, 2.24) is 5.32 Å². The van der Waals surface area contributed by atoms with Gasteiger partial charge in [-0.05, 0) is 30.7 Å². The van der Waals surface area contributed by atoms with Gasteiger partial charge in [0.1, 0.15) is 0 Å². The number of rotatable bonds is 6. The van der Waals surface area contributed by atoms with Gasteiger partial charge in [0, 0.05) is 12.3 Å². The minimum atomic E-state index is -4.67. The summed E-state index contributed by atoms with van der Waals surface area (Å²) >= 11 is 4.23. The highest BCUT2D eigenvalue weighted by Gasteiger charge is 2.25. The molecule has 0 aromatic heterocycles. The zero-order chi connectivity index (χ0) is 15.6. The van der Waals surface area contributed by atoms with Crippen molar-refractivity contribution in [3.8, 4) is 0 Å². The van der Waals surface area contributed by atoms with E-state index in [2.05, 4.69) is 31.8 Å². The van der Waals surface area contributed by atoms with E-state index in [4.69, 9.17) is 17.5 Å². The van der Waals surface area contributed by atoms with Crippen LogP contribution in [-0.2, 0) is 10.4 Å². The average molecular weight is 328 g/mol. The first kappa shape index (κ1) is 20.2. The molecule has 1 aliphatic rings. The maximum absolute atomic E-state index is 8.74. The Hall–Kier alpha value is 0.180. The van der Waals surface area contributed by atoms with Gasteiger partial charge in [0.2, 0.25) is 0 Å². The second-order valence-electron chi connectivity index (χ2n) is 5.58. The van der Waals surface area contributed by atoms with Crippen LogP contribution in [-0.4, -0.2) is 36.4 Å². The zero-order valence-electron chi connectivity index (χ0n) is 12.5. The van der Waals surface area contributed by atoms with Crippen molar-refractivity contribution in [2.24, 2.45) is 17.8 Å². The Kier molecular flexibility index (Phi) is 10.9. The molecule has 3 unspecified atom stereocenters. The minimum absolute atomic E-state index is 0.896. The normalized spacial score (nSPS) is 24.6. The summed E-state index contributed by atoms with van der Waals surface area (Å²) in [5.41, 5.74) is 0. The molecule has 0 heterocycles. The Morgan fingerprint density at radius 3 is 2.40 bits per heavy atom. The fourth-order valence-electron chi connectivity index (χ4n) is 2.92. The fourth-order valence-corrected chi connectivity index (χ4v) is 3.08. The summed E-state index contributed by atoms with van der Waals surface area (Å²) < 4.78 is 31.6. The Morgan fingerprint density at radius 2 is 1.95 bits per heavy atom. The Labute approximate surface area is 128 Å². The molecule has 0 aromatic carbocycles. The molecule has 0 radical (unpaired) electrons. The van der Waals surface area contributed by atoms with Gasteiger partial charge in [0.05, 0.1) is 0 Å². The first-order valence-corrected chi connectivity index (χ1v) is 9.32. The van der Waals surface area contributed by atoms with E-state index in [0.29, 0.717) is 0 Å². The molecule has 0 amide bonds. The van der Waals surface area contributed by atoms with E-state index < -0.39 is 10.4 Å². The van der Waals surface area contributed by atoms with Gasteiger partial charge in [0.25, 0.3) is 0 Å². The molecule has 1 aliphatic carbocycles. The summed E-state index contributed by atoms with van der Waals surface area (Å²) in [5.74, 6) is 3.79. The molecular formula is C13H29NO4S2. The Morgan fingerprint density at radius 1 is 1.35 bits per heavy atom. The fraction of sp³-hybridized carbons (Fsp3) is 1.00. The number of nitrogens with one attached hydrogen (secondary N) is 1. The second kappa shape index (κ2) is 10.8. The summed E-state index contributed by atoms with van der Waals surface area (Å²) in [5, 5.41) is 3.52. The van der Waals surface area contributed by atoms with Crippen molar-refractivity contribution in [2.75, 3.05) is 18.8 Å². The zero-order valence-corrected chi connectivity index (χ0v) is 14.2. The Bertz CT molecular complexity index is 327. The van der Waals surface area contributed by atoms with Crippen LogP contribution in [0.5, 0.6) is 0 Å². The molecule has 5 nitrogen and oxygen atoms in total. The lowest BCUT2D eigenvalue weighted by molar-refractivity contribution is 0.196. The number of hydrogen-bond acceptors (Lipinski definition) is 4. The lowest BCUT2D eigenvalue weighted by Gasteiger charge is -2.33. The molecule has 0 saturated heterocycles. The van der Waals surface area contributed by atoms with Crippen LogP contribution in [0.25, 0.3) is 0 Å². The lowest BCUT2D eigenvalue weighted by Crippen LogP contribution is -2.31. The van der Waals surface area contributed by atoms with Gasteiger partial charge in [-0.3, -0.25) is 9.11 Å². The molecule has 0 bridgehead atoms. The van der Waals surface area contributed by atoms with Crippen molar-refractivity contribution >= 4 is 23.0 Å². The summed E-state index contributed by atoms with van der Waals surface area (Å²) in [7, 11) is -4.67. The molecule has 0 aliphatic heterocycles. The highest BCUT2D eigenvalue weighted by molar-refractivity contribution is 7.80. The van der Waals surface area contributed by atoms with E-state index in [9.17, 15) is 0 Å². The minimum Gasteiger partial charge on any atom is -0.316 e. The van der Waals surface area contributed by atoms with Gasteiger partial charge >= 0.3 is 10.4 Å². The second-order valence-corrected chi connectivity index (χ2v) is 6.92. The van der Waals surface area contributed by atoms with Crippen LogP contribution in [0.1, 0.15) is 46.0 Å². The quantitative estimate of drug-likeness (QED) is 0.342. The van der Waals surface area contributed by atoms with Crippen LogP contribution < -0.4 is 5.32 Å². The third-order valence-corrected chi connectivity index (χ3v) is 4.09. The molecule has 0 spiro atoms. The largest absolute Gasteiger partial charge is 0.394 e. The molecule has 20 heavy (non-hydrogen) atoms. The van der Waals surface area contributed by atoms with E-state index in [0.717, 1.165) is 30.1 Å². The van der Waals surface area contributed by atoms with E-state index in [1.807, 2.05) is 0 Å². The molecule has 122 valence electrons. The number of hydrogen-bond donors (Lipinski definition) is 4. The van der Waals surface area contributed by atoms with Gasteiger partial charge in [-0.15, -0.1) is 0 Å². The SMILES string of the molecule is CCC(CNCCS)C1CCCC(C)C1.O=S(=O)(O)O. The molecule has 3 N–H and O–H groups in total. The van der Waals surface area contributed by atoms with Gasteiger partial charge in [-0.2, -0.15) is 21.0 Å². The van der Waals surface area contributed by atoms with E-state index in [1.54, 1.807) is 0 Å². The summed E-state index contributed by atoms with van der Waals surface area (Å²) in [6.07, 6.45) is 7.16. The smallest absolute Gasteiger partial charge is 0.316 e. The standard InChI is InChI=1S/C13H27NS.H2O4S/c1-3-12(10-14-7-8-15)13-6-4-5-11(2)9-13;1-5(2,3)4/h11-15H,3-10H2,1-2H3;(H2,1,2,3,4). The maximum Gasteiger partial charge on any atom is 0.394 e. The van der Waals surface area contributed by atoms with Crippen molar-refractivity contribution in [3.63, 3.8) is 0 Å². The van der Waals surface area contributed by atoms with Crippen molar-refractivity contribution in [1.29, 1.82) is 0 Å². The molecular weight excluding hydrogens is 298 g/mol. The van der Waals surface area contributed by atoms with Crippen molar-refractivity contribution in [3.05, 3.63) is 0 Å². The third kappa shape index (κ3) is 12.0. The lowest BCUT2D eigenvalue weighted by atomic mass is 9.75. The molecule has 1 rings (SSSR count). The number of thiol groups is 1. The maximum atomic E-state index is 8.74. The molecule has 1 fully saturated rings. The van der Waals surface area contributed by atoms with Gasteiger partial charge in [-0.1, -0.05) is 39.5 Å². The highest BCUT2D eigenvalue weighted by atomic mass is 32.3. The van der Waals surface area contributed by atoms with Crippen molar-refractivity contribution < 1.29 is 17.5 Å². The molecule has 7 heteroatoms. The monoisotopic (exact) mass is 327 g/mol. The topological polar surface area (TPSA) is 86.6 Å². The Balaban J connectivity index is 0.000000621. The first-order valence-electron chi connectivity index (χ1n) is 7.29.